The number of benzene rings is 1. The Bertz CT molecular complexity index is 691. The Hall–Kier alpha value is -2.47. The van der Waals surface area contributed by atoms with Gasteiger partial charge in [0.15, 0.2) is 5.78 Å². The molecule has 1 heterocycles. The molecule has 1 amide bonds. The lowest BCUT2D eigenvalue weighted by Crippen LogP contribution is -2.39. The number of hydrogen-bond donors (Lipinski definition) is 1. The van der Waals surface area contributed by atoms with E-state index < -0.39 is 0 Å². The van der Waals surface area contributed by atoms with E-state index in [1.54, 1.807) is 24.3 Å². The Balaban J connectivity index is 1.94. The zero-order valence-corrected chi connectivity index (χ0v) is 13.8. The molecule has 2 rings (SSSR count). The number of amides is 1. The van der Waals surface area contributed by atoms with E-state index in [-0.39, 0.29) is 17.7 Å². The molecule has 0 spiro atoms. The number of carbonyl (C=O) groups excluding carboxylic acids is 2. The third-order valence-electron chi connectivity index (χ3n) is 3.69. The highest BCUT2D eigenvalue weighted by Crippen LogP contribution is 2.12. The van der Waals surface area contributed by atoms with Crippen LogP contribution in [0.15, 0.2) is 34.9 Å². The zero-order valence-electron chi connectivity index (χ0n) is 13.8. The van der Waals surface area contributed by atoms with Crippen molar-refractivity contribution in [3.8, 4) is 0 Å². The molecule has 6 nitrogen and oxygen atoms in total. The van der Waals surface area contributed by atoms with Gasteiger partial charge in [0.2, 0.25) is 5.91 Å². The minimum atomic E-state index is -0.334. The summed E-state index contributed by atoms with van der Waals surface area (Å²) < 4.78 is 5.03. The fourth-order valence-corrected chi connectivity index (χ4v) is 2.12. The van der Waals surface area contributed by atoms with Crippen molar-refractivity contribution in [3.63, 3.8) is 0 Å². The molecule has 6 heteroatoms. The van der Waals surface area contributed by atoms with Crippen LogP contribution in [0.1, 0.15) is 35.7 Å². The summed E-state index contributed by atoms with van der Waals surface area (Å²) in [5.74, 6) is 0.623. The summed E-state index contributed by atoms with van der Waals surface area (Å²) in [6.45, 7) is 5.69. The number of nitrogens with zero attached hydrogens (tertiary/aromatic N) is 2. The van der Waals surface area contributed by atoms with Gasteiger partial charge in [-0.15, -0.1) is 0 Å². The van der Waals surface area contributed by atoms with E-state index in [4.69, 9.17) is 4.52 Å². The number of carbonyl (C=O) groups is 2. The van der Waals surface area contributed by atoms with Crippen molar-refractivity contribution < 1.29 is 14.1 Å². The molecule has 1 atom stereocenters. The van der Waals surface area contributed by atoms with E-state index in [2.05, 4.69) is 10.5 Å². The van der Waals surface area contributed by atoms with Crippen LogP contribution in [-0.2, 0) is 11.3 Å². The second-order valence-corrected chi connectivity index (χ2v) is 5.64. The molecule has 2 aromatic rings. The van der Waals surface area contributed by atoms with E-state index >= 15 is 0 Å². The number of hydrogen-bond acceptors (Lipinski definition) is 5. The van der Waals surface area contributed by atoms with Gasteiger partial charge in [-0.25, -0.2) is 0 Å². The van der Waals surface area contributed by atoms with Gasteiger partial charge in [0, 0.05) is 23.9 Å². The summed E-state index contributed by atoms with van der Waals surface area (Å²) in [5, 5.41) is 6.77. The molecule has 23 heavy (non-hydrogen) atoms. The SMILES string of the molecule is CC(=O)c1ccc(NC(=O)C(C)N(C)Cc2cc(C)on2)cc1. The van der Waals surface area contributed by atoms with E-state index in [0.29, 0.717) is 17.8 Å². The minimum absolute atomic E-state index is 0.00103. The van der Waals surface area contributed by atoms with Crippen LogP contribution in [0.5, 0.6) is 0 Å². The van der Waals surface area contributed by atoms with Gasteiger partial charge in [0.1, 0.15) is 5.76 Å². The van der Waals surface area contributed by atoms with Crippen LogP contribution in [0.4, 0.5) is 5.69 Å². The van der Waals surface area contributed by atoms with E-state index in [0.717, 1.165) is 11.5 Å². The minimum Gasteiger partial charge on any atom is -0.361 e. The zero-order chi connectivity index (χ0) is 17.0. The molecule has 0 aliphatic carbocycles. The molecular formula is C17H21N3O3. The molecule has 1 N–H and O–H groups in total. The normalized spacial score (nSPS) is 12.2. The molecule has 0 saturated heterocycles. The summed E-state index contributed by atoms with van der Waals surface area (Å²) in [6, 6.07) is 8.36. The van der Waals surface area contributed by atoms with Gasteiger partial charge < -0.3 is 9.84 Å². The van der Waals surface area contributed by atoms with E-state index in [1.807, 2.05) is 31.9 Å². The van der Waals surface area contributed by atoms with Crippen molar-refractivity contribution in [2.45, 2.75) is 33.4 Å². The largest absolute Gasteiger partial charge is 0.361 e. The first-order chi connectivity index (χ1) is 10.9. The van der Waals surface area contributed by atoms with E-state index in [1.165, 1.54) is 6.92 Å². The number of Topliss-reactive ketones (excluding diaryl/α,β-unsaturated/α-hetero) is 1. The summed E-state index contributed by atoms with van der Waals surface area (Å²) in [5.41, 5.74) is 2.07. The third-order valence-corrected chi connectivity index (χ3v) is 3.69. The predicted molar refractivity (Wildman–Crippen MR) is 87.2 cm³/mol. The maximum atomic E-state index is 12.3. The maximum absolute atomic E-state index is 12.3. The Morgan fingerprint density at radius 2 is 1.96 bits per heavy atom. The topological polar surface area (TPSA) is 75.4 Å². The monoisotopic (exact) mass is 315 g/mol. The van der Waals surface area contributed by atoms with Crippen molar-refractivity contribution in [1.29, 1.82) is 0 Å². The second kappa shape index (κ2) is 7.19. The standard InChI is InChI=1S/C17H21N3O3/c1-11-9-16(19-23-11)10-20(4)12(2)17(22)18-15-7-5-14(6-8-15)13(3)21/h5-9,12H,10H2,1-4H3,(H,18,22). The number of aromatic nitrogens is 1. The van der Waals surface area contributed by atoms with Gasteiger partial charge in [-0.1, -0.05) is 5.16 Å². The Morgan fingerprint density at radius 3 is 2.48 bits per heavy atom. The molecule has 0 saturated carbocycles. The molecule has 0 radical (unpaired) electrons. The average molecular weight is 315 g/mol. The second-order valence-electron chi connectivity index (χ2n) is 5.64. The highest BCUT2D eigenvalue weighted by atomic mass is 16.5. The molecule has 0 aliphatic heterocycles. The van der Waals surface area contributed by atoms with Crippen LogP contribution >= 0.6 is 0 Å². The lowest BCUT2D eigenvalue weighted by atomic mass is 10.1. The van der Waals surface area contributed by atoms with Crippen LogP contribution < -0.4 is 5.32 Å². The van der Waals surface area contributed by atoms with Crippen molar-refractivity contribution in [2.75, 3.05) is 12.4 Å². The first-order valence-electron chi connectivity index (χ1n) is 7.41. The number of aryl methyl sites for hydroxylation is 1. The summed E-state index contributed by atoms with van der Waals surface area (Å²) >= 11 is 0. The summed E-state index contributed by atoms with van der Waals surface area (Å²) in [6.07, 6.45) is 0. The predicted octanol–water partition coefficient (Wildman–Crippen LogP) is 2.64. The lowest BCUT2D eigenvalue weighted by molar-refractivity contribution is -0.120. The fourth-order valence-electron chi connectivity index (χ4n) is 2.12. The summed E-state index contributed by atoms with van der Waals surface area (Å²) in [7, 11) is 1.85. The molecule has 1 aromatic carbocycles. The molecule has 0 bridgehead atoms. The van der Waals surface area contributed by atoms with Crippen LogP contribution in [-0.4, -0.2) is 34.8 Å². The number of ketones is 1. The smallest absolute Gasteiger partial charge is 0.241 e. The van der Waals surface area contributed by atoms with Crippen LogP contribution in [0.3, 0.4) is 0 Å². The van der Waals surface area contributed by atoms with Crippen molar-refractivity contribution in [3.05, 3.63) is 47.3 Å². The molecule has 1 unspecified atom stereocenters. The van der Waals surface area contributed by atoms with Crippen LogP contribution in [0, 0.1) is 6.92 Å². The highest BCUT2D eigenvalue weighted by Gasteiger charge is 2.19. The van der Waals surface area contributed by atoms with Crippen molar-refractivity contribution >= 4 is 17.4 Å². The number of nitrogens with one attached hydrogen (secondary N) is 1. The average Bonchev–Trinajstić information content (AvgIpc) is 2.92. The number of likely N-dealkylation sites (N-methyl/N-ethyl adjacent to an activating group) is 1. The van der Waals surface area contributed by atoms with Gasteiger partial charge in [-0.3, -0.25) is 14.5 Å². The van der Waals surface area contributed by atoms with Crippen molar-refractivity contribution in [1.82, 2.24) is 10.1 Å². The first-order valence-corrected chi connectivity index (χ1v) is 7.41. The van der Waals surface area contributed by atoms with Gasteiger partial charge in [-0.2, -0.15) is 0 Å². The molecule has 0 fully saturated rings. The van der Waals surface area contributed by atoms with Crippen molar-refractivity contribution in [2.24, 2.45) is 0 Å². The van der Waals surface area contributed by atoms with Gasteiger partial charge in [0.05, 0.1) is 11.7 Å². The number of rotatable bonds is 6. The van der Waals surface area contributed by atoms with Crippen LogP contribution in [0.25, 0.3) is 0 Å². The van der Waals surface area contributed by atoms with Gasteiger partial charge >= 0.3 is 0 Å². The molecule has 1 aromatic heterocycles. The Morgan fingerprint density at radius 1 is 1.30 bits per heavy atom. The first kappa shape index (κ1) is 16.9. The highest BCUT2D eigenvalue weighted by molar-refractivity contribution is 5.96. The third kappa shape index (κ3) is 4.50. The van der Waals surface area contributed by atoms with Gasteiger partial charge in [0.25, 0.3) is 0 Å². The fraction of sp³-hybridized carbons (Fsp3) is 0.353. The Labute approximate surface area is 135 Å². The molecule has 122 valence electrons. The van der Waals surface area contributed by atoms with Gasteiger partial charge in [-0.05, 0) is 52.1 Å². The summed E-state index contributed by atoms with van der Waals surface area (Å²) in [4.78, 5) is 25.4. The number of anilines is 1. The quantitative estimate of drug-likeness (QED) is 0.829. The van der Waals surface area contributed by atoms with Crippen LogP contribution in [0.2, 0.25) is 0 Å². The Kier molecular flexibility index (Phi) is 5.28. The maximum Gasteiger partial charge on any atom is 0.241 e. The molecular weight excluding hydrogens is 294 g/mol. The lowest BCUT2D eigenvalue weighted by Gasteiger charge is -2.22. The molecule has 0 aliphatic rings. The van der Waals surface area contributed by atoms with E-state index in [9.17, 15) is 9.59 Å².